The molecule has 0 aromatic carbocycles. The predicted molar refractivity (Wildman–Crippen MR) is 110 cm³/mol. The van der Waals surface area contributed by atoms with Gasteiger partial charge >= 0.3 is 0 Å². The number of carbonyl (C=O) groups is 1. The highest BCUT2D eigenvalue weighted by molar-refractivity contribution is 6.35. The fourth-order valence-corrected chi connectivity index (χ4v) is 3.63. The van der Waals surface area contributed by atoms with E-state index in [0.29, 0.717) is 21.9 Å². The Hall–Kier alpha value is -2.35. The molecule has 27 heavy (non-hydrogen) atoms. The second kappa shape index (κ2) is 8.12. The van der Waals surface area contributed by atoms with Gasteiger partial charge in [-0.05, 0) is 25.0 Å². The van der Waals surface area contributed by atoms with Gasteiger partial charge in [-0.25, -0.2) is 4.98 Å². The van der Waals surface area contributed by atoms with Crippen LogP contribution in [0.4, 0.5) is 11.4 Å². The second-order valence-corrected chi connectivity index (χ2v) is 6.83. The fourth-order valence-electron chi connectivity index (χ4n) is 3.37. The summed E-state index contributed by atoms with van der Waals surface area (Å²) in [7, 11) is 0. The topological polar surface area (TPSA) is 99.9 Å². The quantitative estimate of drug-likeness (QED) is 0.619. The molecule has 1 aliphatic heterocycles. The number of nitrogens with one attached hydrogen (secondary N) is 2. The molecule has 4 heterocycles. The summed E-state index contributed by atoms with van der Waals surface area (Å²) in [6, 6.07) is 3.55. The van der Waals surface area contributed by atoms with Gasteiger partial charge in [0.05, 0.1) is 33.5 Å². The van der Waals surface area contributed by atoms with Crippen molar-refractivity contribution in [2.24, 2.45) is 5.73 Å². The van der Waals surface area contributed by atoms with Crippen LogP contribution in [-0.2, 0) is 0 Å². The van der Waals surface area contributed by atoms with Gasteiger partial charge in [0.15, 0.2) is 0 Å². The zero-order valence-electron chi connectivity index (χ0n) is 14.5. The Morgan fingerprint density at radius 1 is 1.41 bits per heavy atom. The molecule has 1 amide bonds. The van der Waals surface area contributed by atoms with Gasteiger partial charge in [0.1, 0.15) is 5.65 Å². The largest absolute Gasteiger partial charge is 0.368 e. The summed E-state index contributed by atoms with van der Waals surface area (Å²) in [4.78, 5) is 26.1. The Labute approximate surface area is 167 Å². The molecule has 0 unspecified atom stereocenters. The van der Waals surface area contributed by atoms with Crippen molar-refractivity contribution in [2.75, 3.05) is 23.3 Å². The molecule has 1 saturated heterocycles. The highest BCUT2D eigenvalue weighted by atomic mass is 35.5. The van der Waals surface area contributed by atoms with Crippen LogP contribution < -0.4 is 16.0 Å². The summed E-state index contributed by atoms with van der Waals surface area (Å²) in [5.41, 5.74) is 8.79. The number of halogens is 2. The van der Waals surface area contributed by atoms with Crippen molar-refractivity contribution in [3.05, 3.63) is 47.5 Å². The number of anilines is 2. The number of hydrogen-bond acceptors (Lipinski definition) is 5. The number of fused-ring (bicyclic) bond motifs is 1. The molecule has 9 heteroatoms. The number of aromatic amines is 1. The third-order valence-electron chi connectivity index (χ3n) is 4.58. The third kappa shape index (κ3) is 3.85. The van der Waals surface area contributed by atoms with Crippen LogP contribution in [0.15, 0.2) is 36.9 Å². The first-order chi connectivity index (χ1) is 12.6. The van der Waals surface area contributed by atoms with E-state index in [1.54, 1.807) is 30.7 Å². The van der Waals surface area contributed by atoms with Crippen molar-refractivity contribution in [3.63, 3.8) is 0 Å². The summed E-state index contributed by atoms with van der Waals surface area (Å²) in [6.07, 6.45) is 8.52. The summed E-state index contributed by atoms with van der Waals surface area (Å²) >= 11 is 6.49. The zero-order valence-corrected chi connectivity index (χ0v) is 16.1. The SMILES string of the molecule is Cl.N[C@@H]1CCCN(c2c(Cl)cnc3[nH]cc(NC(=O)c4cccnc4)c23)C1. The van der Waals surface area contributed by atoms with Crippen LogP contribution in [0.1, 0.15) is 23.2 Å². The minimum Gasteiger partial charge on any atom is -0.368 e. The normalized spacial score (nSPS) is 16.8. The molecule has 0 saturated carbocycles. The van der Waals surface area contributed by atoms with Gasteiger partial charge in [-0.15, -0.1) is 12.4 Å². The average molecular weight is 407 g/mol. The molecule has 0 aliphatic carbocycles. The molecule has 0 bridgehead atoms. The minimum atomic E-state index is -0.236. The Bertz CT molecular complexity index is 946. The Morgan fingerprint density at radius 3 is 3.00 bits per heavy atom. The number of H-pyrrole nitrogens is 1. The number of nitrogens with two attached hydrogens (primary N) is 1. The van der Waals surface area contributed by atoms with Gasteiger partial charge in [0, 0.05) is 37.7 Å². The molecule has 1 fully saturated rings. The van der Waals surface area contributed by atoms with E-state index < -0.39 is 0 Å². The monoisotopic (exact) mass is 406 g/mol. The third-order valence-corrected chi connectivity index (χ3v) is 4.85. The van der Waals surface area contributed by atoms with E-state index in [4.69, 9.17) is 17.3 Å². The summed E-state index contributed by atoms with van der Waals surface area (Å²) in [5, 5.41) is 4.27. The molecule has 7 nitrogen and oxygen atoms in total. The molecule has 4 N–H and O–H groups in total. The first-order valence-electron chi connectivity index (χ1n) is 8.51. The van der Waals surface area contributed by atoms with Gasteiger partial charge in [-0.2, -0.15) is 0 Å². The molecule has 4 rings (SSSR count). The van der Waals surface area contributed by atoms with E-state index in [-0.39, 0.29) is 24.4 Å². The molecule has 1 aliphatic rings. The Balaban J connectivity index is 0.00000210. The number of aromatic nitrogens is 3. The smallest absolute Gasteiger partial charge is 0.257 e. The van der Waals surface area contributed by atoms with Crippen molar-refractivity contribution in [2.45, 2.75) is 18.9 Å². The van der Waals surface area contributed by atoms with Crippen LogP contribution in [0.25, 0.3) is 11.0 Å². The molecule has 3 aromatic heterocycles. The molecule has 0 spiro atoms. The number of pyridine rings is 2. The number of piperidine rings is 1. The summed E-state index contributed by atoms with van der Waals surface area (Å²) < 4.78 is 0. The Morgan fingerprint density at radius 2 is 2.26 bits per heavy atom. The average Bonchev–Trinajstić information content (AvgIpc) is 3.05. The van der Waals surface area contributed by atoms with Crippen molar-refractivity contribution in [1.29, 1.82) is 0 Å². The van der Waals surface area contributed by atoms with Crippen molar-refractivity contribution >= 4 is 52.3 Å². The lowest BCUT2D eigenvalue weighted by Gasteiger charge is -2.33. The van der Waals surface area contributed by atoms with E-state index in [9.17, 15) is 4.79 Å². The highest BCUT2D eigenvalue weighted by Gasteiger charge is 2.24. The maximum Gasteiger partial charge on any atom is 0.257 e. The van der Waals surface area contributed by atoms with Crippen LogP contribution in [0.2, 0.25) is 5.02 Å². The first-order valence-corrected chi connectivity index (χ1v) is 8.89. The van der Waals surface area contributed by atoms with Crippen molar-refractivity contribution < 1.29 is 4.79 Å². The number of rotatable bonds is 3. The lowest BCUT2D eigenvalue weighted by Crippen LogP contribution is -2.43. The molecule has 3 aromatic rings. The van der Waals surface area contributed by atoms with Crippen molar-refractivity contribution in [3.8, 4) is 0 Å². The van der Waals surface area contributed by atoms with Crippen LogP contribution in [0.3, 0.4) is 0 Å². The van der Waals surface area contributed by atoms with Crippen LogP contribution >= 0.6 is 24.0 Å². The van der Waals surface area contributed by atoms with Gasteiger partial charge in [0.25, 0.3) is 5.91 Å². The van der Waals surface area contributed by atoms with Gasteiger partial charge < -0.3 is 20.9 Å². The molecule has 142 valence electrons. The van der Waals surface area contributed by atoms with E-state index in [1.165, 1.54) is 6.20 Å². The summed E-state index contributed by atoms with van der Waals surface area (Å²) in [5.74, 6) is -0.236. The lowest BCUT2D eigenvalue weighted by molar-refractivity contribution is 0.102. The second-order valence-electron chi connectivity index (χ2n) is 6.42. The van der Waals surface area contributed by atoms with E-state index >= 15 is 0 Å². The molecular formula is C18H20Cl2N6O. The number of hydrogen-bond donors (Lipinski definition) is 3. The minimum absolute atomic E-state index is 0. The number of nitrogens with zero attached hydrogens (tertiary/aromatic N) is 3. The number of amides is 1. The van der Waals surface area contributed by atoms with E-state index in [1.807, 2.05) is 0 Å². The molecule has 1 atom stereocenters. The van der Waals surface area contributed by atoms with Crippen LogP contribution in [0, 0.1) is 0 Å². The van der Waals surface area contributed by atoms with Gasteiger partial charge in [-0.1, -0.05) is 11.6 Å². The molecule has 0 radical (unpaired) electrons. The zero-order chi connectivity index (χ0) is 18.1. The van der Waals surface area contributed by atoms with Crippen LogP contribution in [0.5, 0.6) is 0 Å². The highest BCUT2D eigenvalue weighted by Crippen LogP contribution is 2.38. The maximum absolute atomic E-state index is 12.5. The fraction of sp³-hybridized carbons (Fsp3) is 0.278. The van der Waals surface area contributed by atoms with Crippen LogP contribution in [-0.4, -0.2) is 40.0 Å². The first kappa shape index (κ1) is 19.4. The standard InChI is InChI=1S/C18H19ClN6O.ClH/c19-13-8-22-17-15(16(13)25-6-2-4-12(20)10-25)14(9-23-17)24-18(26)11-3-1-5-21-7-11;/h1,3,5,7-9,12H,2,4,6,10,20H2,(H,22,23)(H,24,26);1H/t12-;/m1./s1. The van der Waals surface area contributed by atoms with Crippen molar-refractivity contribution in [1.82, 2.24) is 15.0 Å². The predicted octanol–water partition coefficient (Wildman–Crippen LogP) is 3.21. The van der Waals surface area contributed by atoms with Gasteiger partial charge in [-0.3, -0.25) is 9.78 Å². The number of carbonyl (C=O) groups excluding carboxylic acids is 1. The Kier molecular flexibility index (Phi) is 5.84. The lowest BCUT2D eigenvalue weighted by atomic mass is 10.1. The molecular weight excluding hydrogens is 387 g/mol. The van der Waals surface area contributed by atoms with E-state index in [2.05, 4.69) is 25.2 Å². The van der Waals surface area contributed by atoms with Gasteiger partial charge in [0.2, 0.25) is 0 Å². The van der Waals surface area contributed by atoms with E-state index in [0.717, 1.165) is 37.0 Å². The maximum atomic E-state index is 12.5. The summed E-state index contributed by atoms with van der Waals surface area (Å²) in [6.45, 7) is 1.59.